The van der Waals surface area contributed by atoms with E-state index in [2.05, 4.69) is 30.8 Å². The molecule has 1 amide bonds. The van der Waals surface area contributed by atoms with Crippen LogP contribution in [0, 0.1) is 0 Å². The summed E-state index contributed by atoms with van der Waals surface area (Å²) in [5.41, 5.74) is 2.50. The summed E-state index contributed by atoms with van der Waals surface area (Å²) in [7, 11) is 0. The number of hydrogen-bond donors (Lipinski definition) is 1. The first-order valence-electron chi connectivity index (χ1n) is 5.77. The van der Waals surface area contributed by atoms with Crippen molar-refractivity contribution in [3.63, 3.8) is 0 Å². The average Bonchev–Trinajstić information content (AvgIpc) is 2.92. The number of aromatic nitrogens is 2. The van der Waals surface area contributed by atoms with E-state index in [-0.39, 0.29) is 5.91 Å². The van der Waals surface area contributed by atoms with E-state index in [1.165, 1.54) is 0 Å². The van der Waals surface area contributed by atoms with E-state index in [4.69, 9.17) is 0 Å². The number of nitrogens with one attached hydrogen (secondary N) is 1. The molecule has 0 atom stereocenters. The molecular weight excluding hydrogens is 314 g/mol. The van der Waals surface area contributed by atoms with Crippen LogP contribution in [0.3, 0.4) is 0 Å². The van der Waals surface area contributed by atoms with Gasteiger partial charge in [0.2, 0.25) is 0 Å². The standard InChI is InChI=1S/C12H12BrN3OS/c13-8-3-11(16(6-8)9-1-2-9)12(17)15-5-10-4-14-7-18-10/h3-4,6-7,9H,1-2,5H2,(H,15,17). The third kappa shape index (κ3) is 2.49. The van der Waals surface area contributed by atoms with E-state index >= 15 is 0 Å². The highest BCUT2D eigenvalue weighted by Crippen LogP contribution is 2.37. The molecule has 0 bridgehead atoms. The molecule has 1 aliphatic rings. The summed E-state index contributed by atoms with van der Waals surface area (Å²) in [5.74, 6) is -0.0269. The lowest BCUT2D eigenvalue weighted by Gasteiger charge is -2.07. The van der Waals surface area contributed by atoms with E-state index < -0.39 is 0 Å². The predicted molar refractivity (Wildman–Crippen MR) is 73.7 cm³/mol. The second-order valence-corrected chi connectivity index (χ2v) is 6.22. The fourth-order valence-corrected chi connectivity index (χ4v) is 2.84. The molecule has 94 valence electrons. The van der Waals surface area contributed by atoms with Crippen molar-refractivity contribution in [2.45, 2.75) is 25.4 Å². The fraction of sp³-hybridized carbons (Fsp3) is 0.333. The number of amides is 1. The van der Waals surface area contributed by atoms with Crippen molar-refractivity contribution in [3.05, 3.63) is 39.0 Å². The summed E-state index contributed by atoms with van der Waals surface area (Å²) in [5, 5.41) is 2.93. The van der Waals surface area contributed by atoms with Crippen molar-refractivity contribution < 1.29 is 4.79 Å². The summed E-state index contributed by atoms with van der Waals surface area (Å²) in [6.07, 6.45) is 6.09. The van der Waals surface area contributed by atoms with Gasteiger partial charge >= 0.3 is 0 Å². The summed E-state index contributed by atoms with van der Waals surface area (Å²) in [4.78, 5) is 17.2. The first kappa shape index (κ1) is 11.9. The van der Waals surface area contributed by atoms with Gasteiger partial charge in [0, 0.05) is 27.8 Å². The van der Waals surface area contributed by atoms with Crippen LogP contribution in [0.15, 0.2) is 28.4 Å². The largest absolute Gasteiger partial charge is 0.346 e. The lowest BCUT2D eigenvalue weighted by Crippen LogP contribution is -2.24. The molecule has 6 heteroatoms. The first-order chi connectivity index (χ1) is 8.74. The smallest absolute Gasteiger partial charge is 0.268 e. The molecule has 18 heavy (non-hydrogen) atoms. The van der Waals surface area contributed by atoms with Gasteiger partial charge in [-0.3, -0.25) is 9.78 Å². The zero-order valence-electron chi connectivity index (χ0n) is 9.60. The highest BCUT2D eigenvalue weighted by atomic mass is 79.9. The summed E-state index contributed by atoms with van der Waals surface area (Å²) in [6, 6.07) is 2.38. The van der Waals surface area contributed by atoms with Gasteiger partial charge in [-0.2, -0.15) is 0 Å². The topological polar surface area (TPSA) is 46.9 Å². The van der Waals surface area contributed by atoms with Crippen molar-refractivity contribution in [1.29, 1.82) is 0 Å². The van der Waals surface area contributed by atoms with E-state index in [0.717, 1.165) is 27.9 Å². The number of carbonyl (C=O) groups excluding carboxylic acids is 1. The minimum Gasteiger partial charge on any atom is -0.346 e. The zero-order valence-corrected chi connectivity index (χ0v) is 12.0. The average molecular weight is 326 g/mol. The Balaban J connectivity index is 1.71. The maximum atomic E-state index is 12.1. The van der Waals surface area contributed by atoms with Crippen LogP contribution < -0.4 is 5.32 Å². The Morgan fingerprint density at radius 3 is 3.11 bits per heavy atom. The van der Waals surface area contributed by atoms with Crippen LogP contribution in [0.2, 0.25) is 0 Å². The molecule has 2 aromatic heterocycles. The van der Waals surface area contributed by atoms with Gasteiger partial charge in [0.15, 0.2) is 0 Å². The van der Waals surface area contributed by atoms with Crippen LogP contribution in [0.1, 0.15) is 34.2 Å². The van der Waals surface area contributed by atoms with Crippen molar-refractivity contribution in [1.82, 2.24) is 14.9 Å². The number of thiazole rings is 1. The molecule has 0 saturated heterocycles. The van der Waals surface area contributed by atoms with Crippen molar-refractivity contribution in [3.8, 4) is 0 Å². The quantitative estimate of drug-likeness (QED) is 0.939. The van der Waals surface area contributed by atoms with Gasteiger partial charge in [-0.25, -0.2) is 0 Å². The Morgan fingerprint density at radius 2 is 2.44 bits per heavy atom. The third-order valence-corrected chi connectivity index (χ3v) is 4.11. The first-order valence-corrected chi connectivity index (χ1v) is 7.44. The number of nitrogens with zero attached hydrogens (tertiary/aromatic N) is 2. The highest BCUT2D eigenvalue weighted by molar-refractivity contribution is 9.10. The SMILES string of the molecule is O=C(NCc1cncs1)c1cc(Br)cn1C1CC1. The molecule has 1 N–H and O–H groups in total. The Morgan fingerprint density at radius 1 is 1.61 bits per heavy atom. The molecule has 4 nitrogen and oxygen atoms in total. The second kappa shape index (κ2) is 4.85. The lowest BCUT2D eigenvalue weighted by molar-refractivity contribution is 0.0942. The van der Waals surface area contributed by atoms with Gasteiger partial charge in [0.25, 0.3) is 5.91 Å². The van der Waals surface area contributed by atoms with Gasteiger partial charge < -0.3 is 9.88 Å². The number of halogens is 1. The molecule has 0 unspecified atom stereocenters. The van der Waals surface area contributed by atoms with Crippen LogP contribution in [-0.2, 0) is 6.54 Å². The highest BCUT2D eigenvalue weighted by Gasteiger charge is 2.27. The summed E-state index contributed by atoms with van der Waals surface area (Å²) >= 11 is 4.97. The second-order valence-electron chi connectivity index (χ2n) is 4.33. The molecule has 0 aromatic carbocycles. The molecule has 1 saturated carbocycles. The van der Waals surface area contributed by atoms with Crippen molar-refractivity contribution in [2.24, 2.45) is 0 Å². The van der Waals surface area contributed by atoms with Crippen LogP contribution in [0.4, 0.5) is 0 Å². The molecule has 2 heterocycles. The Hall–Kier alpha value is -1.14. The minimum atomic E-state index is -0.0269. The van der Waals surface area contributed by atoms with E-state index in [0.29, 0.717) is 12.6 Å². The molecule has 0 spiro atoms. The molecule has 1 fully saturated rings. The molecule has 0 radical (unpaired) electrons. The molecule has 3 rings (SSSR count). The van der Waals surface area contributed by atoms with E-state index in [1.807, 2.05) is 12.3 Å². The molecule has 2 aromatic rings. The van der Waals surface area contributed by atoms with E-state index in [1.54, 1.807) is 23.0 Å². The third-order valence-electron chi connectivity index (χ3n) is 2.89. The predicted octanol–water partition coefficient (Wildman–Crippen LogP) is 2.97. The van der Waals surface area contributed by atoms with Gasteiger partial charge in [0.05, 0.1) is 12.1 Å². The van der Waals surface area contributed by atoms with Gasteiger partial charge in [-0.15, -0.1) is 11.3 Å². The molecule has 0 aliphatic heterocycles. The Kier molecular flexibility index (Phi) is 3.22. The van der Waals surface area contributed by atoms with Crippen LogP contribution in [0.25, 0.3) is 0 Å². The Labute approximate surface area is 117 Å². The van der Waals surface area contributed by atoms with Crippen LogP contribution >= 0.6 is 27.3 Å². The van der Waals surface area contributed by atoms with Gasteiger partial charge in [-0.05, 0) is 34.8 Å². The normalized spacial score (nSPS) is 14.7. The summed E-state index contributed by atoms with van der Waals surface area (Å²) in [6.45, 7) is 0.539. The number of hydrogen-bond acceptors (Lipinski definition) is 3. The van der Waals surface area contributed by atoms with Gasteiger partial charge in [-0.1, -0.05) is 0 Å². The number of carbonyl (C=O) groups is 1. The minimum absolute atomic E-state index is 0.0269. The Bertz CT molecular complexity index is 560. The number of rotatable bonds is 4. The van der Waals surface area contributed by atoms with Crippen LogP contribution in [0.5, 0.6) is 0 Å². The molecular formula is C12H12BrN3OS. The van der Waals surface area contributed by atoms with Crippen molar-refractivity contribution in [2.75, 3.05) is 0 Å². The van der Waals surface area contributed by atoms with E-state index in [9.17, 15) is 4.79 Å². The summed E-state index contributed by atoms with van der Waals surface area (Å²) < 4.78 is 3.02. The maximum Gasteiger partial charge on any atom is 0.268 e. The lowest BCUT2D eigenvalue weighted by atomic mass is 10.4. The maximum absolute atomic E-state index is 12.1. The van der Waals surface area contributed by atoms with Crippen molar-refractivity contribution >= 4 is 33.2 Å². The molecule has 1 aliphatic carbocycles. The fourth-order valence-electron chi connectivity index (χ4n) is 1.87. The van der Waals surface area contributed by atoms with Gasteiger partial charge in [0.1, 0.15) is 5.69 Å². The van der Waals surface area contributed by atoms with Crippen LogP contribution in [-0.4, -0.2) is 15.5 Å². The zero-order chi connectivity index (χ0) is 12.5. The monoisotopic (exact) mass is 325 g/mol.